The van der Waals surface area contributed by atoms with Crippen molar-refractivity contribution in [1.82, 2.24) is 9.88 Å². The molecule has 2 aromatic rings. The van der Waals surface area contributed by atoms with Gasteiger partial charge in [-0.15, -0.1) is 0 Å². The molecule has 1 aliphatic rings. The van der Waals surface area contributed by atoms with Gasteiger partial charge in [0.1, 0.15) is 5.82 Å². The first-order chi connectivity index (χ1) is 11.8. The van der Waals surface area contributed by atoms with Crippen molar-refractivity contribution in [3.05, 3.63) is 55.9 Å². The van der Waals surface area contributed by atoms with Gasteiger partial charge < -0.3 is 10.5 Å². The molecule has 0 saturated carbocycles. The topological polar surface area (TPSA) is 147 Å². The van der Waals surface area contributed by atoms with Crippen molar-refractivity contribution in [3.63, 3.8) is 0 Å². The molecule has 3 N–H and O–H groups in total. The highest BCUT2D eigenvalue weighted by molar-refractivity contribution is 6.23. The van der Waals surface area contributed by atoms with Crippen LogP contribution in [0.15, 0.2) is 29.1 Å². The van der Waals surface area contributed by atoms with Crippen LogP contribution in [-0.2, 0) is 0 Å². The van der Waals surface area contributed by atoms with Crippen molar-refractivity contribution in [2.75, 3.05) is 12.3 Å². The van der Waals surface area contributed by atoms with Crippen LogP contribution in [0.4, 0.5) is 11.5 Å². The van der Waals surface area contributed by atoms with E-state index in [4.69, 9.17) is 10.5 Å². The minimum Gasteiger partial charge on any atom is -0.487 e. The number of nitrogen functional groups attached to an aromatic ring is 1. The molecule has 0 bridgehead atoms. The Bertz CT molecular complexity index is 994. The molecular weight excluding hydrogens is 332 g/mol. The number of nitro benzene ring substituents is 1. The Hall–Kier alpha value is -3.69. The van der Waals surface area contributed by atoms with Gasteiger partial charge in [0.05, 0.1) is 28.3 Å². The molecule has 128 valence electrons. The van der Waals surface area contributed by atoms with E-state index >= 15 is 0 Å². The van der Waals surface area contributed by atoms with Gasteiger partial charge in [0.15, 0.2) is 5.75 Å². The summed E-state index contributed by atoms with van der Waals surface area (Å²) in [5.41, 5.74) is 4.95. The number of hydrogen-bond donors (Lipinski definition) is 2. The van der Waals surface area contributed by atoms with E-state index in [1.165, 1.54) is 18.2 Å². The molecule has 25 heavy (non-hydrogen) atoms. The zero-order valence-corrected chi connectivity index (χ0v) is 12.9. The first-order valence-corrected chi connectivity index (χ1v) is 7.18. The highest BCUT2D eigenvalue weighted by Gasteiger charge is 2.32. The maximum Gasteiger partial charge on any atom is 0.311 e. The second-order valence-electron chi connectivity index (χ2n) is 5.12. The van der Waals surface area contributed by atoms with Crippen LogP contribution in [0.2, 0.25) is 0 Å². The van der Waals surface area contributed by atoms with Crippen LogP contribution in [-0.4, -0.2) is 27.9 Å². The first kappa shape index (κ1) is 16.2. The fourth-order valence-corrected chi connectivity index (χ4v) is 2.61. The molecule has 2 amide bonds. The largest absolute Gasteiger partial charge is 0.487 e. The molecule has 2 heterocycles. The zero-order valence-electron chi connectivity index (χ0n) is 12.9. The van der Waals surface area contributed by atoms with E-state index in [1.54, 1.807) is 6.92 Å². The van der Waals surface area contributed by atoms with E-state index in [-0.39, 0.29) is 40.7 Å². The number of aromatic nitrogens is 1. The van der Waals surface area contributed by atoms with Crippen LogP contribution in [0.25, 0.3) is 5.69 Å². The maximum atomic E-state index is 12.4. The number of carbonyl (C=O) groups is 2. The molecule has 0 atom stereocenters. The molecule has 0 radical (unpaired) electrons. The highest BCUT2D eigenvalue weighted by atomic mass is 16.6. The van der Waals surface area contributed by atoms with Crippen molar-refractivity contribution in [3.8, 4) is 11.4 Å². The minimum atomic E-state index is -0.710. The summed E-state index contributed by atoms with van der Waals surface area (Å²) in [5, 5.41) is 13.1. The molecule has 0 aliphatic carbocycles. The number of pyridine rings is 1. The summed E-state index contributed by atoms with van der Waals surface area (Å²) in [5.74, 6) is -1.69. The van der Waals surface area contributed by atoms with Crippen molar-refractivity contribution >= 4 is 23.3 Å². The number of nitro groups is 1. The molecule has 1 aromatic carbocycles. The molecule has 0 fully saturated rings. The highest BCUT2D eigenvalue weighted by Crippen LogP contribution is 2.31. The Kier molecular flexibility index (Phi) is 3.72. The Balaban J connectivity index is 2.25. The third-order valence-electron chi connectivity index (χ3n) is 3.65. The van der Waals surface area contributed by atoms with E-state index in [9.17, 15) is 24.5 Å². The number of fused-ring (bicyclic) bond motifs is 1. The number of ether oxygens (including phenoxy) is 1. The van der Waals surface area contributed by atoms with E-state index in [1.807, 2.05) is 0 Å². The number of hydrogen-bond acceptors (Lipinski definition) is 7. The lowest BCUT2D eigenvalue weighted by molar-refractivity contribution is -0.385. The zero-order chi connectivity index (χ0) is 18.3. The van der Waals surface area contributed by atoms with Gasteiger partial charge in [0.2, 0.25) is 0 Å². The first-order valence-electron chi connectivity index (χ1n) is 7.18. The molecule has 10 nitrogen and oxygen atoms in total. The lowest BCUT2D eigenvalue weighted by Gasteiger charge is -2.13. The number of imide groups is 1. The second-order valence-corrected chi connectivity index (χ2v) is 5.12. The van der Waals surface area contributed by atoms with Crippen molar-refractivity contribution in [2.24, 2.45) is 0 Å². The number of benzene rings is 1. The molecule has 0 saturated heterocycles. The Morgan fingerprint density at radius 3 is 2.60 bits per heavy atom. The fourth-order valence-electron chi connectivity index (χ4n) is 2.61. The number of carbonyl (C=O) groups excluding carboxylic acids is 2. The van der Waals surface area contributed by atoms with E-state index in [0.717, 1.165) is 10.6 Å². The normalized spacial score (nSPS) is 12.7. The van der Waals surface area contributed by atoms with Gasteiger partial charge in [-0.1, -0.05) is 0 Å². The molecule has 3 rings (SSSR count). The summed E-state index contributed by atoms with van der Waals surface area (Å²) in [7, 11) is 0. The standard InChI is InChI=1S/C15H12N4O6/c1-2-25-10-5-7(3-4-9(10)19(23)24)18-11(20)6-8-12(13(18)16)15(22)17-14(8)21/h3-6H,2,16H2,1H3,(H,17,21,22). The lowest BCUT2D eigenvalue weighted by atomic mass is 10.1. The van der Waals surface area contributed by atoms with Crippen LogP contribution in [0.3, 0.4) is 0 Å². The smallest absolute Gasteiger partial charge is 0.311 e. The number of nitrogens with zero attached hydrogens (tertiary/aromatic N) is 2. The van der Waals surface area contributed by atoms with E-state index in [0.29, 0.717) is 0 Å². The predicted molar refractivity (Wildman–Crippen MR) is 86.1 cm³/mol. The Labute approximate surface area is 140 Å². The molecular formula is C15H12N4O6. The van der Waals surface area contributed by atoms with Crippen molar-refractivity contribution < 1.29 is 19.2 Å². The Morgan fingerprint density at radius 2 is 1.96 bits per heavy atom. The van der Waals surface area contributed by atoms with E-state index < -0.39 is 22.3 Å². The van der Waals surface area contributed by atoms with Gasteiger partial charge >= 0.3 is 5.69 Å². The van der Waals surface area contributed by atoms with Crippen LogP contribution < -0.4 is 21.3 Å². The summed E-state index contributed by atoms with van der Waals surface area (Å²) >= 11 is 0. The van der Waals surface area contributed by atoms with Crippen LogP contribution in [0.1, 0.15) is 27.6 Å². The summed E-state index contributed by atoms with van der Waals surface area (Å²) in [6, 6.07) is 4.75. The average molecular weight is 344 g/mol. The third kappa shape index (κ3) is 2.49. The maximum absolute atomic E-state index is 12.4. The third-order valence-corrected chi connectivity index (χ3v) is 3.65. The number of anilines is 1. The molecule has 10 heteroatoms. The number of nitrogens with one attached hydrogen (secondary N) is 1. The lowest BCUT2D eigenvalue weighted by Crippen LogP contribution is -2.24. The van der Waals surface area contributed by atoms with Crippen LogP contribution >= 0.6 is 0 Å². The van der Waals surface area contributed by atoms with Gasteiger partial charge in [0.25, 0.3) is 17.4 Å². The molecule has 0 unspecified atom stereocenters. The van der Waals surface area contributed by atoms with Gasteiger partial charge in [-0.05, 0) is 13.0 Å². The van der Waals surface area contributed by atoms with Gasteiger partial charge in [-0.2, -0.15) is 0 Å². The van der Waals surface area contributed by atoms with Gasteiger partial charge in [-0.25, -0.2) is 0 Å². The fraction of sp³-hybridized carbons (Fsp3) is 0.133. The summed E-state index contributed by atoms with van der Waals surface area (Å²) in [4.78, 5) is 46.3. The predicted octanol–water partition coefficient (Wildman–Crippen LogP) is 0.610. The van der Waals surface area contributed by atoms with Gasteiger partial charge in [0, 0.05) is 18.2 Å². The molecule has 1 aliphatic heterocycles. The molecule has 0 spiro atoms. The number of nitrogens with two attached hydrogens (primary N) is 1. The van der Waals surface area contributed by atoms with Crippen LogP contribution in [0, 0.1) is 10.1 Å². The second kappa shape index (κ2) is 5.74. The Morgan fingerprint density at radius 1 is 1.24 bits per heavy atom. The summed E-state index contributed by atoms with van der Waals surface area (Å²) < 4.78 is 6.23. The summed E-state index contributed by atoms with van der Waals surface area (Å²) in [6.07, 6.45) is 0. The van der Waals surface area contributed by atoms with Crippen molar-refractivity contribution in [2.45, 2.75) is 6.92 Å². The van der Waals surface area contributed by atoms with Gasteiger partial charge in [-0.3, -0.25) is 34.4 Å². The van der Waals surface area contributed by atoms with E-state index in [2.05, 4.69) is 5.32 Å². The van der Waals surface area contributed by atoms with Crippen molar-refractivity contribution in [1.29, 1.82) is 0 Å². The monoisotopic (exact) mass is 344 g/mol. The SMILES string of the molecule is CCOc1cc(-n2c(N)c3c(cc2=O)C(=O)NC3=O)ccc1[N+](=O)[O-]. The molecule has 1 aromatic heterocycles. The quantitative estimate of drug-likeness (QED) is 0.469. The average Bonchev–Trinajstić information content (AvgIpc) is 2.82. The number of amides is 2. The minimum absolute atomic E-state index is 0.0441. The summed E-state index contributed by atoms with van der Waals surface area (Å²) in [6.45, 7) is 1.83. The number of rotatable bonds is 4. The van der Waals surface area contributed by atoms with Crippen LogP contribution in [0.5, 0.6) is 5.75 Å².